The summed E-state index contributed by atoms with van der Waals surface area (Å²) >= 11 is 0. The maximum atomic E-state index is 13.7. The van der Waals surface area contributed by atoms with Crippen LogP contribution in [0, 0.1) is 11.3 Å². The van der Waals surface area contributed by atoms with Crippen molar-refractivity contribution in [2.45, 2.75) is 44.2 Å². The van der Waals surface area contributed by atoms with E-state index in [2.05, 4.69) is 25.9 Å². The number of nitriles is 1. The van der Waals surface area contributed by atoms with E-state index < -0.39 is 21.8 Å². The Labute approximate surface area is 183 Å². The summed E-state index contributed by atoms with van der Waals surface area (Å²) in [6, 6.07) is 3.44. The number of methoxy groups -OCH3 is 1. The van der Waals surface area contributed by atoms with Gasteiger partial charge in [0, 0.05) is 39.5 Å². The third kappa shape index (κ3) is 4.01. The molecule has 2 aliphatic rings. The molecule has 2 aromatic rings. The first kappa shape index (κ1) is 22.0. The molecule has 0 bridgehead atoms. The van der Waals surface area contributed by atoms with Crippen molar-refractivity contribution in [1.29, 1.82) is 5.26 Å². The van der Waals surface area contributed by atoms with E-state index >= 15 is 0 Å². The van der Waals surface area contributed by atoms with E-state index in [9.17, 15) is 13.7 Å². The molecule has 168 valence electrons. The van der Waals surface area contributed by atoms with Crippen LogP contribution >= 0.6 is 0 Å². The van der Waals surface area contributed by atoms with Crippen LogP contribution in [0.2, 0.25) is 0 Å². The lowest BCUT2D eigenvalue weighted by Gasteiger charge is -2.44. The van der Waals surface area contributed by atoms with E-state index in [-0.39, 0.29) is 13.2 Å². The van der Waals surface area contributed by atoms with Gasteiger partial charge in [0.15, 0.2) is 0 Å². The smallest absolute Gasteiger partial charge is 0.283 e. The lowest BCUT2D eigenvalue weighted by atomic mass is 10.2. The zero-order valence-corrected chi connectivity index (χ0v) is 18.8. The van der Waals surface area contributed by atoms with E-state index in [1.54, 1.807) is 4.31 Å². The van der Waals surface area contributed by atoms with Crippen molar-refractivity contribution < 1.29 is 13.2 Å². The predicted molar refractivity (Wildman–Crippen MR) is 117 cm³/mol. The molecular formula is C20H29N7O3S. The minimum absolute atomic E-state index is 0.170. The number of rotatable bonds is 9. The Morgan fingerprint density at radius 2 is 2.19 bits per heavy atom. The van der Waals surface area contributed by atoms with Crippen LogP contribution in [0.3, 0.4) is 0 Å². The van der Waals surface area contributed by atoms with Crippen LogP contribution in [0.15, 0.2) is 18.6 Å². The number of hydrogen-bond acceptors (Lipinski definition) is 7. The van der Waals surface area contributed by atoms with Gasteiger partial charge in [-0.1, -0.05) is 13.3 Å². The Morgan fingerprint density at radius 3 is 2.87 bits per heavy atom. The highest BCUT2D eigenvalue weighted by molar-refractivity contribution is 7.86. The Kier molecular flexibility index (Phi) is 6.16. The second-order valence-electron chi connectivity index (χ2n) is 8.20. The molecule has 1 spiro atoms. The van der Waals surface area contributed by atoms with Gasteiger partial charge in [-0.15, -0.1) is 0 Å². The number of piperazine rings is 1. The first-order valence-electron chi connectivity index (χ1n) is 10.7. The highest BCUT2D eigenvalue weighted by atomic mass is 32.2. The van der Waals surface area contributed by atoms with Gasteiger partial charge in [-0.05, 0) is 25.3 Å². The zero-order chi connectivity index (χ0) is 22.1. The van der Waals surface area contributed by atoms with Gasteiger partial charge in [-0.2, -0.15) is 22.3 Å². The van der Waals surface area contributed by atoms with Crippen LogP contribution in [0.25, 0.3) is 11.0 Å². The van der Waals surface area contributed by atoms with Gasteiger partial charge in [0.25, 0.3) is 10.2 Å². The van der Waals surface area contributed by atoms with Crippen LogP contribution in [-0.2, 0) is 14.9 Å². The van der Waals surface area contributed by atoms with Gasteiger partial charge in [0.1, 0.15) is 23.8 Å². The summed E-state index contributed by atoms with van der Waals surface area (Å²) < 4.78 is 35.6. The number of ether oxygens (including phenoxy) is 1. The van der Waals surface area contributed by atoms with E-state index in [1.165, 1.54) is 17.7 Å². The molecule has 1 aliphatic heterocycles. The largest absolute Gasteiger partial charge is 0.383 e. The van der Waals surface area contributed by atoms with Crippen molar-refractivity contribution in [2.75, 3.05) is 44.8 Å². The van der Waals surface area contributed by atoms with Gasteiger partial charge in [-0.3, -0.25) is 0 Å². The molecule has 0 radical (unpaired) electrons. The summed E-state index contributed by atoms with van der Waals surface area (Å²) in [6.45, 7) is 3.83. The molecule has 1 aliphatic carbocycles. The second kappa shape index (κ2) is 8.70. The van der Waals surface area contributed by atoms with Gasteiger partial charge in [-0.25, -0.2) is 9.97 Å². The number of anilines is 1. The van der Waals surface area contributed by atoms with E-state index in [0.717, 1.165) is 36.1 Å². The zero-order valence-electron chi connectivity index (χ0n) is 18.0. The molecule has 2 fully saturated rings. The van der Waals surface area contributed by atoms with Crippen LogP contribution in [0.1, 0.15) is 32.6 Å². The monoisotopic (exact) mass is 447 g/mol. The second-order valence-corrected chi connectivity index (χ2v) is 10.0. The van der Waals surface area contributed by atoms with Crippen molar-refractivity contribution >= 4 is 27.1 Å². The third-order valence-electron chi connectivity index (χ3n) is 6.20. The molecule has 31 heavy (non-hydrogen) atoms. The standard InChI is InChI=1S/C20H29N7O3S/c1-3-4-16(13-21)26(11-12-30-2)31(28,29)27-10-9-25(14-20(27)6-7-20)19-17-5-8-22-18(17)23-15-24-19/h5,8,15-16H,3-4,6-7,9-12,14H2,1-2H3,(H,22,23,24). The molecule has 10 nitrogen and oxygen atoms in total. The molecule has 1 saturated heterocycles. The molecule has 1 saturated carbocycles. The summed E-state index contributed by atoms with van der Waals surface area (Å²) in [6.07, 6.45) is 6.20. The number of H-pyrrole nitrogens is 1. The fourth-order valence-corrected chi connectivity index (χ4v) is 6.53. The van der Waals surface area contributed by atoms with Gasteiger partial charge < -0.3 is 14.6 Å². The number of fused-ring (bicyclic) bond motifs is 1. The predicted octanol–water partition coefficient (Wildman–Crippen LogP) is 1.50. The van der Waals surface area contributed by atoms with Crippen LogP contribution < -0.4 is 4.90 Å². The average Bonchev–Trinajstić information content (AvgIpc) is 3.33. The quantitative estimate of drug-likeness (QED) is 0.619. The number of aromatic nitrogens is 3. The summed E-state index contributed by atoms with van der Waals surface area (Å²) in [4.78, 5) is 14.0. The molecule has 1 atom stereocenters. The van der Waals surface area contributed by atoms with E-state index in [0.29, 0.717) is 26.1 Å². The molecule has 0 aromatic carbocycles. The van der Waals surface area contributed by atoms with Crippen molar-refractivity contribution in [3.63, 3.8) is 0 Å². The highest BCUT2D eigenvalue weighted by Crippen LogP contribution is 2.47. The highest BCUT2D eigenvalue weighted by Gasteiger charge is 2.57. The van der Waals surface area contributed by atoms with Crippen molar-refractivity contribution in [3.05, 3.63) is 18.6 Å². The fraction of sp³-hybridized carbons (Fsp3) is 0.650. The SMILES string of the molecule is CCCC(C#N)N(CCOC)S(=O)(=O)N1CCN(c2ncnc3[nH]ccc23)CC12CC2. The van der Waals surface area contributed by atoms with Crippen molar-refractivity contribution in [3.8, 4) is 6.07 Å². The first-order chi connectivity index (χ1) is 15.0. The van der Waals surface area contributed by atoms with Gasteiger partial charge >= 0.3 is 0 Å². The molecular weight excluding hydrogens is 418 g/mol. The lowest BCUT2D eigenvalue weighted by molar-refractivity contribution is 0.162. The Balaban J connectivity index is 1.60. The van der Waals surface area contributed by atoms with Crippen molar-refractivity contribution in [2.24, 2.45) is 0 Å². The summed E-state index contributed by atoms with van der Waals surface area (Å²) in [5, 5.41) is 10.6. The van der Waals surface area contributed by atoms with E-state index in [4.69, 9.17) is 4.74 Å². The third-order valence-corrected chi connectivity index (χ3v) is 8.35. The number of nitrogens with zero attached hydrogens (tertiary/aromatic N) is 6. The number of aromatic amines is 1. The molecule has 3 heterocycles. The van der Waals surface area contributed by atoms with Crippen LogP contribution in [0.5, 0.6) is 0 Å². The fourth-order valence-electron chi connectivity index (χ4n) is 4.45. The normalized spacial score (nSPS) is 19.7. The Morgan fingerprint density at radius 1 is 1.39 bits per heavy atom. The summed E-state index contributed by atoms with van der Waals surface area (Å²) in [7, 11) is -2.28. The van der Waals surface area contributed by atoms with Crippen LogP contribution in [0.4, 0.5) is 5.82 Å². The van der Waals surface area contributed by atoms with Gasteiger partial charge in [0.05, 0.1) is 23.6 Å². The van der Waals surface area contributed by atoms with Crippen LogP contribution in [-0.4, -0.2) is 83.5 Å². The number of hydrogen-bond donors (Lipinski definition) is 1. The molecule has 1 N–H and O–H groups in total. The average molecular weight is 448 g/mol. The minimum atomic E-state index is -3.81. The first-order valence-corrected chi connectivity index (χ1v) is 12.1. The van der Waals surface area contributed by atoms with Crippen molar-refractivity contribution in [1.82, 2.24) is 23.6 Å². The van der Waals surface area contributed by atoms with E-state index in [1.807, 2.05) is 19.2 Å². The maximum absolute atomic E-state index is 13.7. The topological polar surface area (TPSA) is 118 Å². The minimum Gasteiger partial charge on any atom is -0.383 e. The lowest BCUT2D eigenvalue weighted by Crippen LogP contribution is -2.61. The maximum Gasteiger partial charge on any atom is 0.283 e. The molecule has 4 rings (SSSR count). The molecule has 1 unspecified atom stereocenters. The number of nitrogens with one attached hydrogen (secondary N) is 1. The van der Waals surface area contributed by atoms with Gasteiger partial charge in [0.2, 0.25) is 0 Å². The molecule has 2 aromatic heterocycles. The Hall–Kier alpha value is -2.26. The summed E-state index contributed by atoms with van der Waals surface area (Å²) in [5.41, 5.74) is 0.314. The molecule has 0 amide bonds. The summed E-state index contributed by atoms with van der Waals surface area (Å²) in [5.74, 6) is 0.826. The Bertz CT molecular complexity index is 1060. The molecule has 11 heteroatoms.